The van der Waals surface area contributed by atoms with Crippen molar-refractivity contribution in [1.82, 2.24) is 10.2 Å². The number of nitrogens with two attached hydrogens (primary N) is 1. The van der Waals surface area contributed by atoms with Gasteiger partial charge in [-0.05, 0) is 80.3 Å². The molecular weight excluding hydrogens is 390 g/mol. The highest BCUT2D eigenvalue weighted by Gasteiger charge is 2.36. The van der Waals surface area contributed by atoms with E-state index in [4.69, 9.17) is 5.73 Å². The van der Waals surface area contributed by atoms with Crippen LogP contribution in [0.5, 0.6) is 5.75 Å². The Morgan fingerprint density at radius 2 is 1.87 bits per heavy atom. The van der Waals surface area contributed by atoms with Gasteiger partial charge in [0.25, 0.3) is 0 Å². The van der Waals surface area contributed by atoms with Crippen LogP contribution in [0.2, 0.25) is 0 Å². The maximum atomic E-state index is 13.0. The molecule has 1 fully saturated rings. The molecule has 2 aromatic carbocycles. The first-order chi connectivity index (χ1) is 14.9. The number of phenols is 1. The quantitative estimate of drug-likeness (QED) is 0.569. The smallest absolute Gasteiger partial charge is 0.242 e. The van der Waals surface area contributed by atoms with E-state index in [0.717, 1.165) is 36.0 Å². The van der Waals surface area contributed by atoms with Crippen LogP contribution in [0.25, 0.3) is 0 Å². The Kier molecular flexibility index (Phi) is 7.69. The van der Waals surface area contributed by atoms with Crippen molar-refractivity contribution in [2.45, 2.75) is 58.0 Å². The van der Waals surface area contributed by atoms with Crippen LogP contribution < -0.4 is 11.1 Å². The van der Waals surface area contributed by atoms with Crippen molar-refractivity contribution in [2.75, 3.05) is 13.1 Å². The molecule has 2 amide bonds. The summed E-state index contributed by atoms with van der Waals surface area (Å²) in [5.41, 5.74) is 10.3. The zero-order valence-corrected chi connectivity index (χ0v) is 18.4. The first kappa shape index (κ1) is 22.8. The minimum absolute atomic E-state index is 0.0943. The summed E-state index contributed by atoms with van der Waals surface area (Å²) in [7, 11) is 0. The topological polar surface area (TPSA) is 95.7 Å². The van der Waals surface area contributed by atoms with Crippen molar-refractivity contribution >= 4 is 11.8 Å². The second-order valence-electron chi connectivity index (χ2n) is 8.44. The van der Waals surface area contributed by atoms with E-state index in [0.29, 0.717) is 25.9 Å². The number of likely N-dealkylation sites (tertiary alicyclic amines) is 1. The molecule has 6 heteroatoms. The third-order valence-electron chi connectivity index (χ3n) is 6.04. The van der Waals surface area contributed by atoms with Crippen molar-refractivity contribution in [1.29, 1.82) is 0 Å². The number of benzene rings is 2. The van der Waals surface area contributed by atoms with Crippen molar-refractivity contribution < 1.29 is 14.7 Å². The van der Waals surface area contributed by atoms with Crippen LogP contribution in [-0.2, 0) is 22.4 Å². The van der Waals surface area contributed by atoms with Gasteiger partial charge in [0.1, 0.15) is 11.8 Å². The maximum Gasteiger partial charge on any atom is 0.242 e. The summed E-state index contributed by atoms with van der Waals surface area (Å²) in [6.45, 7) is 4.95. The first-order valence-electron chi connectivity index (χ1n) is 11.0. The van der Waals surface area contributed by atoms with Crippen LogP contribution in [0.15, 0.2) is 42.5 Å². The van der Waals surface area contributed by atoms with E-state index in [1.807, 2.05) is 32.0 Å². The van der Waals surface area contributed by atoms with E-state index in [1.54, 1.807) is 17.0 Å². The summed E-state index contributed by atoms with van der Waals surface area (Å²) in [6.07, 6.45) is 3.62. The molecule has 0 aromatic heterocycles. The third kappa shape index (κ3) is 5.85. The summed E-state index contributed by atoms with van der Waals surface area (Å²) >= 11 is 0. The van der Waals surface area contributed by atoms with Gasteiger partial charge in [-0.1, -0.05) is 30.3 Å². The molecule has 1 aliphatic rings. The van der Waals surface area contributed by atoms with Gasteiger partial charge in [-0.2, -0.15) is 0 Å². The van der Waals surface area contributed by atoms with Crippen molar-refractivity contribution in [3.05, 3.63) is 64.7 Å². The third-order valence-corrected chi connectivity index (χ3v) is 6.04. The number of amides is 2. The van der Waals surface area contributed by atoms with E-state index in [9.17, 15) is 14.7 Å². The van der Waals surface area contributed by atoms with Gasteiger partial charge in [-0.25, -0.2) is 0 Å². The lowest BCUT2D eigenvalue weighted by Gasteiger charge is -2.27. The van der Waals surface area contributed by atoms with Gasteiger partial charge in [0.2, 0.25) is 11.8 Å². The highest BCUT2D eigenvalue weighted by atomic mass is 16.3. The number of nitrogens with zero attached hydrogens (tertiary/aromatic N) is 1. The number of aromatic hydroxyl groups is 1. The molecule has 0 bridgehead atoms. The monoisotopic (exact) mass is 423 g/mol. The normalized spacial score (nSPS) is 16.9. The Balaban J connectivity index is 1.53. The lowest BCUT2D eigenvalue weighted by Crippen LogP contribution is -2.52. The fourth-order valence-electron chi connectivity index (χ4n) is 4.38. The van der Waals surface area contributed by atoms with Crippen LogP contribution in [0.1, 0.15) is 41.5 Å². The van der Waals surface area contributed by atoms with E-state index in [2.05, 4.69) is 17.4 Å². The molecule has 1 heterocycles. The lowest BCUT2D eigenvalue weighted by molar-refractivity contribution is -0.139. The van der Waals surface area contributed by atoms with Gasteiger partial charge in [0.05, 0.1) is 6.04 Å². The highest BCUT2D eigenvalue weighted by Crippen LogP contribution is 2.24. The molecule has 4 N–H and O–H groups in total. The Morgan fingerprint density at radius 1 is 1.19 bits per heavy atom. The lowest BCUT2D eigenvalue weighted by atomic mass is 9.95. The van der Waals surface area contributed by atoms with Crippen LogP contribution in [-0.4, -0.2) is 47.0 Å². The summed E-state index contributed by atoms with van der Waals surface area (Å²) in [5, 5.41) is 12.7. The van der Waals surface area contributed by atoms with Crippen molar-refractivity contribution in [3.8, 4) is 5.75 Å². The Labute approximate surface area is 184 Å². The van der Waals surface area contributed by atoms with E-state index in [-0.39, 0.29) is 17.6 Å². The average molecular weight is 424 g/mol. The van der Waals surface area contributed by atoms with Crippen molar-refractivity contribution in [2.24, 2.45) is 5.73 Å². The number of aryl methyl sites for hydroxylation is 3. The molecule has 6 nitrogen and oxygen atoms in total. The standard InChI is InChI=1S/C25H33N3O3/c1-17-14-20(29)15-18(2)21(17)16-22(26)25(31)28-13-7-11-23(28)24(30)27-12-6-10-19-8-4-3-5-9-19/h3-5,8-9,14-15,22-23,29H,6-7,10-13,16,26H2,1-2H3,(H,27,30)/t22-,23-/m0/s1. The van der Waals surface area contributed by atoms with Gasteiger partial charge >= 0.3 is 0 Å². The predicted octanol–water partition coefficient (Wildman–Crippen LogP) is 2.62. The first-order valence-corrected chi connectivity index (χ1v) is 11.0. The van der Waals surface area contributed by atoms with Crippen LogP contribution in [0.3, 0.4) is 0 Å². The van der Waals surface area contributed by atoms with E-state index >= 15 is 0 Å². The number of carbonyl (C=O) groups is 2. The van der Waals surface area contributed by atoms with Crippen LogP contribution in [0.4, 0.5) is 0 Å². The molecule has 0 unspecified atom stereocenters. The largest absolute Gasteiger partial charge is 0.508 e. The second-order valence-corrected chi connectivity index (χ2v) is 8.44. The molecule has 2 aromatic rings. The zero-order chi connectivity index (χ0) is 22.4. The number of rotatable bonds is 8. The Bertz CT molecular complexity index is 890. The maximum absolute atomic E-state index is 13.0. The number of nitrogens with one attached hydrogen (secondary N) is 1. The second kappa shape index (κ2) is 10.4. The molecule has 1 aliphatic heterocycles. The summed E-state index contributed by atoms with van der Waals surface area (Å²) in [4.78, 5) is 27.4. The molecule has 0 spiro atoms. The van der Waals surface area contributed by atoms with Gasteiger partial charge in [0, 0.05) is 13.1 Å². The van der Waals surface area contributed by atoms with Crippen molar-refractivity contribution in [3.63, 3.8) is 0 Å². The number of carbonyl (C=O) groups excluding carboxylic acids is 2. The van der Waals surface area contributed by atoms with E-state index in [1.165, 1.54) is 5.56 Å². The summed E-state index contributed by atoms with van der Waals surface area (Å²) < 4.78 is 0. The Hall–Kier alpha value is -2.86. The number of hydrogen-bond acceptors (Lipinski definition) is 4. The van der Waals surface area contributed by atoms with Gasteiger partial charge in [0.15, 0.2) is 0 Å². The molecule has 2 atom stereocenters. The fraction of sp³-hybridized carbons (Fsp3) is 0.440. The summed E-state index contributed by atoms with van der Waals surface area (Å²) in [5.74, 6) is -0.0703. The molecule has 0 aliphatic carbocycles. The SMILES string of the molecule is Cc1cc(O)cc(C)c1C[C@H](N)C(=O)N1CCC[C@H]1C(=O)NCCCc1ccccc1. The van der Waals surface area contributed by atoms with Crippen LogP contribution >= 0.6 is 0 Å². The predicted molar refractivity (Wildman–Crippen MR) is 122 cm³/mol. The Morgan fingerprint density at radius 3 is 2.55 bits per heavy atom. The van der Waals surface area contributed by atoms with Gasteiger partial charge in [-0.15, -0.1) is 0 Å². The van der Waals surface area contributed by atoms with E-state index < -0.39 is 12.1 Å². The van der Waals surface area contributed by atoms with Gasteiger partial charge in [-0.3, -0.25) is 9.59 Å². The summed E-state index contributed by atoms with van der Waals surface area (Å²) in [6, 6.07) is 12.4. The number of hydrogen-bond donors (Lipinski definition) is 3. The minimum atomic E-state index is -0.714. The molecule has 166 valence electrons. The molecule has 1 saturated heterocycles. The highest BCUT2D eigenvalue weighted by molar-refractivity contribution is 5.90. The zero-order valence-electron chi connectivity index (χ0n) is 18.4. The molecular formula is C25H33N3O3. The molecule has 31 heavy (non-hydrogen) atoms. The molecule has 0 radical (unpaired) electrons. The minimum Gasteiger partial charge on any atom is -0.508 e. The number of phenolic OH excluding ortho intramolecular Hbond substituents is 1. The molecule has 0 saturated carbocycles. The van der Waals surface area contributed by atoms with Gasteiger partial charge < -0.3 is 21.1 Å². The van der Waals surface area contributed by atoms with Crippen LogP contribution in [0, 0.1) is 13.8 Å². The average Bonchev–Trinajstić information content (AvgIpc) is 3.23. The molecule has 3 rings (SSSR count). The fourth-order valence-corrected chi connectivity index (χ4v) is 4.38.